The van der Waals surface area contributed by atoms with Crippen LogP contribution in [0, 0.1) is 0 Å². The van der Waals surface area contributed by atoms with Gasteiger partial charge in [0.25, 0.3) is 0 Å². The van der Waals surface area contributed by atoms with Crippen molar-refractivity contribution in [2.75, 3.05) is 6.61 Å². The standard InChI is InChI=1S/C13H10BrN5O/c14-11-6-15-12-13(16-11)19(18-17-12)7-8-1-2-10-9(5-8)3-4-20-10/h1-2,5-6H,3-4,7H2. The largest absolute Gasteiger partial charge is 0.493 e. The summed E-state index contributed by atoms with van der Waals surface area (Å²) in [6.07, 6.45) is 2.58. The van der Waals surface area contributed by atoms with Crippen molar-refractivity contribution in [1.29, 1.82) is 0 Å². The minimum Gasteiger partial charge on any atom is -0.493 e. The Balaban J connectivity index is 1.72. The highest BCUT2D eigenvalue weighted by Crippen LogP contribution is 2.26. The smallest absolute Gasteiger partial charge is 0.221 e. The topological polar surface area (TPSA) is 65.7 Å². The predicted octanol–water partition coefficient (Wildman–Crippen LogP) is 1.97. The Bertz CT molecular complexity index is 801. The molecule has 0 atom stereocenters. The first kappa shape index (κ1) is 11.8. The minimum absolute atomic E-state index is 0.553. The first-order chi connectivity index (χ1) is 9.79. The van der Waals surface area contributed by atoms with Gasteiger partial charge in [0.1, 0.15) is 10.4 Å². The molecule has 0 bridgehead atoms. The van der Waals surface area contributed by atoms with Crippen LogP contribution in [-0.2, 0) is 13.0 Å². The second-order valence-electron chi connectivity index (χ2n) is 4.63. The van der Waals surface area contributed by atoms with E-state index >= 15 is 0 Å². The first-order valence-corrected chi connectivity index (χ1v) is 7.05. The molecule has 100 valence electrons. The average molecular weight is 332 g/mol. The summed E-state index contributed by atoms with van der Waals surface area (Å²) in [6, 6.07) is 6.21. The summed E-state index contributed by atoms with van der Waals surface area (Å²) in [7, 11) is 0. The third kappa shape index (κ3) is 1.94. The zero-order chi connectivity index (χ0) is 13.5. The van der Waals surface area contributed by atoms with Gasteiger partial charge in [-0.2, -0.15) is 0 Å². The number of hydrogen-bond donors (Lipinski definition) is 0. The normalized spacial score (nSPS) is 13.4. The molecular formula is C13H10BrN5O. The molecule has 0 saturated heterocycles. The molecule has 4 rings (SSSR count). The lowest BCUT2D eigenvalue weighted by molar-refractivity contribution is 0.357. The quantitative estimate of drug-likeness (QED) is 0.718. The summed E-state index contributed by atoms with van der Waals surface area (Å²) in [4.78, 5) is 8.55. The fourth-order valence-corrected chi connectivity index (χ4v) is 2.62. The highest BCUT2D eigenvalue weighted by atomic mass is 79.9. The molecule has 0 fully saturated rings. The number of nitrogens with zero attached hydrogens (tertiary/aromatic N) is 5. The summed E-state index contributed by atoms with van der Waals surface area (Å²) < 4.78 is 7.94. The van der Waals surface area contributed by atoms with Crippen molar-refractivity contribution in [3.8, 4) is 5.75 Å². The number of benzene rings is 1. The molecule has 0 saturated carbocycles. The lowest BCUT2D eigenvalue weighted by atomic mass is 10.1. The van der Waals surface area contributed by atoms with Crippen LogP contribution in [0.5, 0.6) is 5.75 Å². The Labute approximate surface area is 122 Å². The van der Waals surface area contributed by atoms with Gasteiger partial charge in [-0.05, 0) is 33.1 Å². The molecule has 0 radical (unpaired) electrons. The van der Waals surface area contributed by atoms with E-state index in [1.165, 1.54) is 5.56 Å². The Hall–Kier alpha value is -2.02. The van der Waals surface area contributed by atoms with E-state index in [4.69, 9.17) is 4.74 Å². The highest BCUT2D eigenvalue weighted by molar-refractivity contribution is 9.10. The molecule has 0 amide bonds. The van der Waals surface area contributed by atoms with E-state index in [0.717, 1.165) is 24.3 Å². The van der Waals surface area contributed by atoms with Crippen LogP contribution in [0.25, 0.3) is 11.3 Å². The first-order valence-electron chi connectivity index (χ1n) is 6.26. The van der Waals surface area contributed by atoms with Gasteiger partial charge in [-0.3, -0.25) is 0 Å². The fraction of sp³-hybridized carbons (Fsp3) is 0.231. The molecule has 1 aliphatic rings. The molecule has 7 heteroatoms. The van der Waals surface area contributed by atoms with Crippen LogP contribution in [0.4, 0.5) is 0 Å². The Morgan fingerprint density at radius 3 is 3.25 bits per heavy atom. The Morgan fingerprint density at radius 2 is 2.30 bits per heavy atom. The molecular weight excluding hydrogens is 322 g/mol. The third-order valence-electron chi connectivity index (χ3n) is 3.28. The van der Waals surface area contributed by atoms with Gasteiger partial charge in [-0.1, -0.05) is 17.3 Å². The second kappa shape index (κ2) is 4.52. The summed E-state index contributed by atoms with van der Waals surface area (Å²) in [5.41, 5.74) is 3.64. The van der Waals surface area contributed by atoms with Crippen molar-refractivity contribution < 1.29 is 4.74 Å². The zero-order valence-electron chi connectivity index (χ0n) is 10.5. The van der Waals surface area contributed by atoms with Crippen LogP contribution in [0.1, 0.15) is 11.1 Å². The predicted molar refractivity (Wildman–Crippen MR) is 75.6 cm³/mol. The van der Waals surface area contributed by atoms with E-state index in [-0.39, 0.29) is 0 Å². The van der Waals surface area contributed by atoms with E-state index in [1.807, 2.05) is 12.1 Å². The van der Waals surface area contributed by atoms with Gasteiger partial charge in [0.05, 0.1) is 19.3 Å². The number of rotatable bonds is 2. The van der Waals surface area contributed by atoms with Gasteiger partial charge in [0.15, 0.2) is 5.65 Å². The van der Waals surface area contributed by atoms with E-state index in [1.54, 1.807) is 10.9 Å². The molecule has 0 unspecified atom stereocenters. The molecule has 0 aliphatic carbocycles. The highest BCUT2D eigenvalue weighted by Gasteiger charge is 2.13. The summed E-state index contributed by atoms with van der Waals surface area (Å²) in [5.74, 6) is 0.986. The molecule has 1 aliphatic heterocycles. The molecule has 3 aromatic rings. The summed E-state index contributed by atoms with van der Waals surface area (Å²) in [5, 5.41) is 8.14. The van der Waals surface area contributed by atoms with Crippen molar-refractivity contribution >= 4 is 27.2 Å². The maximum atomic E-state index is 5.51. The minimum atomic E-state index is 0.553. The van der Waals surface area contributed by atoms with Crippen LogP contribution in [-0.4, -0.2) is 31.6 Å². The van der Waals surface area contributed by atoms with Gasteiger partial charge in [0, 0.05) is 6.42 Å². The number of hydrogen-bond acceptors (Lipinski definition) is 5. The van der Waals surface area contributed by atoms with Gasteiger partial charge in [-0.15, -0.1) is 5.10 Å². The van der Waals surface area contributed by atoms with Gasteiger partial charge in [-0.25, -0.2) is 14.6 Å². The van der Waals surface area contributed by atoms with Crippen LogP contribution >= 0.6 is 15.9 Å². The van der Waals surface area contributed by atoms with Crippen molar-refractivity contribution in [2.45, 2.75) is 13.0 Å². The monoisotopic (exact) mass is 331 g/mol. The Kier molecular flexibility index (Phi) is 2.66. The van der Waals surface area contributed by atoms with Gasteiger partial charge in [0.2, 0.25) is 5.65 Å². The van der Waals surface area contributed by atoms with Crippen LogP contribution in [0.15, 0.2) is 29.0 Å². The molecule has 0 N–H and O–H groups in total. The molecule has 3 heterocycles. The third-order valence-corrected chi connectivity index (χ3v) is 3.67. The number of fused-ring (bicyclic) bond motifs is 2. The van der Waals surface area contributed by atoms with Crippen molar-refractivity contribution in [1.82, 2.24) is 25.0 Å². The van der Waals surface area contributed by atoms with Gasteiger partial charge >= 0.3 is 0 Å². The number of ether oxygens (including phenoxy) is 1. The summed E-state index contributed by atoms with van der Waals surface area (Å²) in [6.45, 7) is 1.39. The fourth-order valence-electron chi connectivity index (χ4n) is 2.35. The molecule has 6 nitrogen and oxygen atoms in total. The zero-order valence-corrected chi connectivity index (χ0v) is 12.0. The van der Waals surface area contributed by atoms with E-state index in [0.29, 0.717) is 22.4 Å². The molecule has 20 heavy (non-hydrogen) atoms. The van der Waals surface area contributed by atoms with Crippen LogP contribution in [0.3, 0.4) is 0 Å². The van der Waals surface area contributed by atoms with Crippen molar-refractivity contribution in [2.24, 2.45) is 0 Å². The lowest BCUT2D eigenvalue weighted by Gasteiger charge is -2.04. The second-order valence-corrected chi connectivity index (χ2v) is 5.44. The Morgan fingerprint density at radius 1 is 1.35 bits per heavy atom. The van der Waals surface area contributed by atoms with E-state index in [9.17, 15) is 0 Å². The molecule has 0 spiro atoms. The maximum absolute atomic E-state index is 5.51. The van der Waals surface area contributed by atoms with E-state index < -0.39 is 0 Å². The molecule has 1 aromatic carbocycles. The van der Waals surface area contributed by atoms with Crippen LogP contribution in [0.2, 0.25) is 0 Å². The van der Waals surface area contributed by atoms with Gasteiger partial charge < -0.3 is 4.74 Å². The SMILES string of the molecule is Brc1cnc2nnn(Cc3ccc4c(c3)CCO4)c2n1. The van der Waals surface area contributed by atoms with Crippen molar-refractivity contribution in [3.63, 3.8) is 0 Å². The maximum Gasteiger partial charge on any atom is 0.221 e. The lowest BCUT2D eigenvalue weighted by Crippen LogP contribution is -2.03. The van der Waals surface area contributed by atoms with Crippen LogP contribution < -0.4 is 4.74 Å². The summed E-state index contributed by atoms with van der Waals surface area (Å²) >= 11 is 3.32. The van der Waals surface area contributed by atoms with E-state index in [2.05, 4.69) is 42.3 Å². The number of aromatic nitrogens is 5. The average Bonchev–Trinajstić information content (AvgIpc) is 3.05. The molecule has 2 aromatic heterocycles. The van der Waals surface area contributed by atoms with Crippen molar-refractivity contribution in [3.05, 3.63) is 40.1 Å². The number of halogens is 1.